The Morgan fingerprint density at radius 1 is 0.500 bits per heavy atom. The van der Waals surface area contributed by atoms with Gasteiger partial charge in [-0.15, -0.1) is 0 Å². The number of carbonyl (C=O) groups excluding carboxylic acids is 4. The number of hydrogen-bond donors (Lipinski definition) is 2. The van der Waals surface area contributed by atoms with Gasteiger partial charge in [-0.1, -0.05) is 214 Å². The molecule has 12 aromatic heterocycles. The van der Waals surface area contributed by atoms with Crippen LogP contribution < -0.4 is 9.47 Å². The van der Waals surface area contributed by atoms with E-state index in [1.165, 1.54) is 27.7 Å². The Balaban J connectivity index is 0.000000203. The zero-order chi connectivity index (χ0) is 90.1. The van der Waals surface area contributed by atoms with Crippen molar-refractivity contribution in [3.8, 4) is 67.5 Å². The van der Waals surface area contributed by atoms with Gasteiger partial charge in [0.1, 0.15) is 41.9 Å². The number of alkyl halides is 6. The van der Waals surface area contributed by atoms with Gasteiger partial charge in [0.15, 0.2) is 45.2 Å². The molecule has 0 saturated carbocycles. The molecule has 0 aliphatic rings. The Hall–Kier alpha value is -4.63. The molecule has 118 heavy (non-hydrogen) atoms. The maximum atomic E-state index is 11.2. The first-order valence-electron chi connectivity index (χ1n) is 36.3. The van der Waals surface area contributed by atoms with Gasteiger partial charge in [0.25, 0.3) is 0 Å². The van der Waals surface area contributed by atoms with E-state index in [0.717, 1.165) is 123 Å². The molecular formula is C79H69Br2Cl2I9N16O9V-. The Morgan fingerprint density at radius 3 is 1.03 bits per heavy atom. The number of phenols is 2. The third-order valence-electron chi connectivity index (χ3n) is 14.7. The van der Waals surface area contributed by atoms with E-state index in [1.54, 1.807) is 110 Å². The molecule has 16 rings (SSSR count). The van der Waals surface area contributed by atoms with Crippen LogP contribution in [0.4, 0.5) is 0 Å². The van der Waals surface area contributed by atoms with Crippen molar-refractivity contribution < 1.29 is 54.0 Å². The van der Waals surface area contributed by atoms with Gasteiger partial charge in [-0.2, -0.15) is 38.5 Å². The SMILES string of the molecule is CC(=O)OC(C)=O.CC(=O)Oc1cccc(-c2cc3cnc4cc(C)nn4c3nc2Br)c1.CC(=O)Oc1cccc(-c2cc3cnc4cc(C)nn4c3nc2Cl)c1.Cc1cc2ncc3cc(-c4cccc(O)c4)c(Br)nc3n2n1.Cc1cc2ncc3cc(-c4cccc(O)c4)c(Cl)nc3n2n1.[2H]C(C)I.[2H]CC(I)(I)I.[2H]CC(I)I.[2H][CH2-].[I][V]([I])[I]. The van der Waals surface area contributed by atoms with Crippen LogP contribution in [0.5, 0.6) is 23.0 Å². The molecule has 4 aromatic carbocycles. The first-order chi connectivity index (χ1) is 57.7. The first-order valence-corrected chi connectivity index (χ1v) is 56.4. The van der Waals surface area contributed by atoms with Crippen LogP contribution in [0.15, 0.2) is 180 Å². The number of nitrogens with zero attached hydrogens (tertiary/aromatic N) is 16. The van der Waals surface area contributed by atoms with Gasteiger partial charge in [-0.05, 0) is 173 Å². The molecule has 0 radical (unpaired) electrons. The third kappa shape index (κ3) is 30.4. The molecule has 0 spiro atoms. The van der Waals surface area contributed by atoms with Crippen molar-refractivity contribution in [2.45, 2.75) is 77.5 Å². The van der Waals surface area contributed by atoms with Crippen LogP contribution in [0.25, 0.3) is 111 Å². The summed E-state index contributed by atoms with van der Waals surface area (Å²) in [6.45, 7) is 15.6. The maximum absolute atomic E-state index is 11.2. The van der Waals surface area contributed by atoms with Crippen molar-refractivity contribution in [1.82, 2.24) is 78.3 Å². The first kappa shape index (κ1) is 94.1. The average Bonchev–Trinajstić information content (AvgIpc) is 1.60. The second-order valence-electron chi connectivity index (χ2n) is 24.1. The molecule has 0 aliphatic carbocycles. The van der Waals surface area contributed by atoms with E-state index in [0.29, 0.717) is 58.0 Å². The van der Waals surface area contributed by atoms with Crippen LogP contribution in [0, 0.1) is 35.1 Å². The second-order valence-corrected chi connectivity index (χ2v) is 80.0. The number of aromatic nitrogens is 16. The number of esters is 4. The van der Waals surface area contributed by atoms with Gasteiger partial charge in [0, 0.05) is 125 Å². The van der Waals surface area contributed by atoms with E-state index in [1.807, 2.05) is 136 Å². The number of pyridine rings is 4. The van der Waals surface area contributed by atoms with E-state index >= 15 is 0 Å². The average molecular weight is 2810 g/mol. The topological polar surface area (TPSA) is 309 Å². The summed E-state index contributed by atoms with van der Waals surface area (Å²) in [5.74, 6) is -0.495. The van der Waals surface area contributed by atoms with Crippen molar-refractivity contribution in [3.05, 3.63) is 220 Å². The fourth-order valence-corrected chi connectivity index (χ4v) is 12.2. The summed E-state index contributed by atoms with van der Waals surface area (Å²) in [5.41, 5.74) is 15.9. The number of phenolic OH excluding ortho intramolecular Hbond substituents is 2. The molecule has 1 atom stereocenters. The summed E-state index contributed by atoms with van der Waals surface area (Å²) in [6, 6.07) is 43.8. The van der Waals surface area contributed by atoms with E-state index < -0.39 is 11.9 Å². The Morgan fingerprint density at radius 2 is 0.763 bits per heavy atom. The van der Waals surface area contributed by atoms with Crippen molar-refractivity contribution in [1.29, 1.82) is 0 Å². The molecule has 2 N–H and O–H groups in total. The fraction of sp³-hybridized carbons (Fsp3) is 0.177. The molecule has 616 valence electrons. The zero-order valence-corrected chi connectivity index (χ0v) is 88.7. The third-order valence-corrected chi connectivity index (χ3v) is 16.5. The molecule has 1 unspecified atom stereocenters. The summed E-state index contributed by atoms with van der Waals surface area (Å²) in [7, 11) is 2.50. The molecule has 12 heterocycles. The number of halogens is 13. The number of ether oxygens (including phenoxy) is 3. The number of aryl methyl sites for hydroxylation is 4. The minimum atomic E-state index is -0.562. The van der Waals surface area contributed by atoms with Crippen molar-refractivity contribution in [2.75, 3.05) is 4.40 Å². The summed E-state index contributed by atoms with van der Waals surface area (Å²) in [5, 5.41) is 41.1. The van der Waals surface area contributed by atoms with Crippen LogP contribution in [-0.4, -0.2) is 118 Å². The van der Waals surface area contributed by atoms with Gasteiger partial charge in [-0.25, -0.2) is 41.2 Å². The monoisotopic (exact) mass is 2810 g/mol. The fourth-order valence-electron chi connectivity index (χ4n) is 10.7. The predicted octanol–water partition coefficient (Wildman–Crippen LogP) is 24.9. The van der Waals surface area contributed by atoms with E-state index in [2.05, 4.69) is 277 Å². The van der Waals surface area contributed by atoms with Gasteiger partial charge in [0.05, 0.1) is 24.7 Å². The Bertz CT molecular complexity index is 6020. The number of aromatic hydroxyl groups is 2. The van der Waals surface area contributed by atoms with Crippen LogP contribution >= 0.6 is 251 Å². The van der Waals surface area contributed by atoms with E-state index in [-0.39, 0.29) is 32.2 Å². The number of benzene rings is 4. The number of hydrogen-bond acceptors (Lipinski definition) is 21. The predicted molar refractivity (Wildman–Crippen MR) is 549 cm³/mol. The van der Waals surface area contributed by atoms with E-state index in [9.17, 15) is 29.4 Å². The molecule has 0 amide bonds. The standard InChI is InChI=1S/C18H13BrN4O2.C18H13ClN4O2.C16H11BrN4O.C16H11ClN4O.C4H6O3.C2H3I3.C2H4I2.C2H5I.CH3.3HI.V/c2*1-10-6-16-20-9-13-8-15(17(19)21-18(13)23(16)22-10)12-4-3-5-14(7-12)25-11(2)24;2*1-9-5-14-18-8-11-7-13(10-3-2-4-12(22)6-10)15(17)19-16(11)21(14)20-9;1-3(5)7-4(2)6;1-2(3,4)5;1-2(3)4;1-2-3;;;;;/h2*3-9H,1-2H3;2*2-8,22H,1H3;1-2H3;1H3;2H,1H3;2H2,1H3;1H3;3*1H;/q;;;;;;;;-1;;;;+3/p-3/i;;;;;2*1D;2D;1D;;;;. The van der Waals surface area contributed by atoms with Crippen molar-refractivity contribution in [3.63, 3.8) is 0 Å². The van der Waals surface area contributed by atoms with E-state index in [4.69, 9.17) is 38.2 Å². The quantitative estimate of drug-likeness (QED) is 0.0297. The number of rotatable bonds is 6. The van der Waals surface area contributed by atoms with Crippen LogP contribution in [-0.2, 0) is 28.8 Å². The molecule has 0 bridgehead atoms. The van der Waals surface area contributed by atoms with Crippen LogP contribution in [0.2, 0.25) is 10.3 Å². The molecule has 39 heteroatoms. The molecule has 0 fully saturated rings. The molecule has 0 aliphatic heterocycles. The summed E-state index contributed by atoms with van der Waals surface area (Å²) in [6.07, 6.45) is 7.07. The van der Waals surface area contributed by atoms with Gasteiger partial charge in [0.2, 0.25) is 0 Å². The second kappa shape index (κ2) is 47.5. The summed E-state index contributed by atoms with van der Waals surface area (Å²) < 4.78 is 48.7. The minimum absolute atomic E-state index is 0.0533. The molecule has 16 aromatic rings. The summed E-state index contributed by atoms with van der Waals surface area (Å²) in [4.78, 5) is 77.5. The van der Waals surface area contributed by atoms with Gasteiger partial charge >= 0.3 is 88.7 Å². The summed E-state index contributed by atoms with van der Waals surface area (Å²) >= 11 is 40.3. The number of fused-ring (bicyclic) bond motifs is 12. The number of carbonyl (C=O) groups is 4. The van der Waals surface area contributed by atoms with Crippen LogP contribution in [0.1, 0.15) is 76.7 Å². The van der Waals surface area contributed by atoms with Crippen LogP contribution in [0.3, 0.4) is 0 Å². The van der Waals surface area contributed by atoms with Crippen molar-refractivity contribution in [2.24, 2.45) is 0 Å². The Labute approximate surface area is 830 Å². The molecular weight excluding hydrogens is 2740 g/mol. The molecule has 0 saturated heterocycles. The normalized spacial score (nSPS) is 11.4. The zero-order valence-electron chi connectivity index (χ0n) is 67.2. The molecule has 25 nitrogen and oxygen atoms in total. The Kier molecular flexibility index (Phi) is 37.8. The van der Waals surface area contributed by atoms with Gasteiger partial charge in [-0.3, -0.25) is 19.2 Å². The van der Waals surface area contributed by atoms with Gasteiger partial charge < -0.3 is 31.8 Å². The van der Waals surface area contributed by atoms with Crippen molar-refractivity contribution >= 4 is 341 Å².